The molecule has 0 spiro atoms. The second-order valence-electron chi connectivity index (χ2n) is 8.16. The molecule has 0 N–H and O–H groups in total. The Balaban J connectivity index is 1.28. The van der Waals surface area contributed by atoms with Gasteiger partial charge in [0.05, 0.1) is 5.69 Å². The Labute approximate surface area is 155 Å². The van der Waals surface area contributed by atoms with Crippen LogP contribution in [0.25, 0.3) is 0 Å². The lowest BCUT2D eigenvalue weighted by Crippen LogP contribution is -2.63. The summed E-state index contributed by atoms with van der Waals surface area (Å²) in [5.74, 6) is 1.84. The minimum Gasteiger partial charge on any atom is -0.352 e. The van der Waals surface area contributed by atoms with Crippen LogP contribution < -0.4 is 9.80 Å². The van der Waals surface area contributed by atoms with Gasteiger partial charge in [-0.05, 0) is 18.2 Å². The van der Waals surface area contributed by atoms with Crippen LogP contribution >= 0.6 is 0 Å². The van der Waals surface area contributed by atoms with E-state index in [1.54, 1.807) is 0 Å². The van der Waals surface area contributed by atoms with Crippen molar-refractivity contribution in [1.82, 2.24) is 25.1 Å². The molecule has 2 saturated heterocycles. The second kappa shape index (κ2) is 6.79. The molecule has 4 heterocycles. The van der Waals surface area contributed by atoms with Crippen molar-refractivity contribution in [3.8, 4) is 0 Å². The molecular formula is C19H27N7. The fourth-order valence-electron chi connectivity index (χ4n) is 3.51. The first-order valence-corrected chi connectivity index (χ1v) is 9.36. The highest BCUT2D eigenvalue weighted by molar-refractivity contribution is 5.42. The molecule has 2 fully saturated rings. The molecule has 4 rings (SSSR count). The van der Waals surface area contributed by atoms with Crippen LogP contribution in [-0.2, 0) is 5.41 Å². The molecule has 0 saturated carbocycles. The van der Waals surface area contributed by atoms with Gasteiger partial charge < -0.3 is 9.80 Å². The van der Waals surface area contributed by atoms with E-state index in [4.69, 9.17) is 0 Å². The van der Waals surface area contributed by atoms with Crippen LogP contribution in [0.3, 0.4) is 0 Å². The zero-order valence-electron chi connectivity index (χ0n) is 15.8. The average Bonchev–Trinajstić information content (AvgIpc) is 2.62. The monoisotopic (exact) mass is 353 g/mol. The topological polar surface area (TPSA) is 61.3 Å². The number of aromatic nitrogens is 4. The van der Waals surface area contributed by atoms with E-state index in [1.807, 2.05) is 18.5 Å². The van der Waals surface area contributed by atoms with Gasteiger partial charge in [-0.2, -0.15) is 5.10 Å². The summed E-state index contributed by atoms with van der Waals surface area (Å²) < 4.78 is 0. The molecule has 26 heavy (non-hydrogen) atoms. The van der Waals surface area contributed by atoms with E-state index in [2.05, 4.69) is 67.8 Å². The fraction of sp³-hybridized carbons (Fsp3) is 0.579. The molecule has 7 heteroatoms. The van der Waals surface area contributed by atoms with Crippen LogP contribution in [0.5, 0.6) is 0 Å². The van der Waals surface area contributed by atoms with Gasteiger partial charge in [-0.15, -0.1) is 5.10 Å². The molecule has 0 aromatic carbocycles. The van der Waals surface area contributed by atoms with Crippen LogP contribution in [0.15, 0.2) is 30.6 Å². The van der Waals surface area contributed by atoms with Crippen LogP contribution in [0, 0.1) is 0 Å². The summed E-state index contributed by atoms with van der Waals surface area (Å²) in [4.78, 5) is 15.9. The van der Waals surface area contributed by atoms with Crippen molar-refractivity contribution in [2.24, 2.45) is 0 Å². The normalized spacial score (nSPS) is 19.5. The highest BCUT2D eigenvalue weighted by Crippen LogP contribution is 2.25. The SMILES string of the molecule is CC(C)(C)c1ccc(N2CC(N3CCN(c4ncccn4)CC3)C2)nn1. The van der Waals surface area contributed by atoms with Gasteiger partial charge in [0.15, 0.2) is 5.82 Å². The van der Waals surface area contributed by atoms with E-state index in [0.717, 1.165) is 56.7 Å². The lowest BCUT2D eigenvalue weighted by atomic mass is 9.92. The van der Waals surface area contributed by atoms with Gasteiger partial charge in [-0.1, -0.05) is 20.8 Å². The van der Waals surface area contributed by atoms with Gasteiger partial charge in [-0.25, -0.2) is 9.97 Å². The molecular weight excluding hydrogens is 326 g/mol. The molecule has 2 aromatic rings. The standard InChI is InChI=1S/C19H27N7/c1-19(2,3)16-5-6-17(23-22-16)26-13-15(14-26)24-9-11-25(12-10-24)18-20-7-4-8-21-18/h4-8,15H,9-14H2,1-3H3. The van der Waals surface area contributed by atoms with Crippen LogP contribution in [0.2, 0.25) is 0 Å². The van der Waals surface area contributed by atoms with E-state index in [1.165, 1.54) is 0 Å². The first-order chi connectivity index (χ1) is 12.5. The minimum atomic E-state index is 0.0468. The summed E-state index contributed by atoms with van der Waals surface area (Å²) in [6, 6.07) is 6.68. The average molecular weight is 353 g/mol. The highest BCUT2D eigenvalue weighted by Gasteiger charge is 2.34. The lowest BCUT2D eigenvalue weighted by molar-refractivity contribution is 0.156. The van der Waals surface area contributed by atoms with E-state index in [9.17, 15) is 0 Å². The maximum atomic E-state index is 4.43. The third kappa shape index (κ3) is 3.49. The van der Waals surface area contributed by atoms with Crippen LogP contribution in [0.4, 0.5) is 11.8 Å². The fourth-order valence-corrected chi connectivity index (χ4v) is 3.51. The Bertz CT molecular complexity index is 712. The first-order valence-electron chi connectivity index (χ1n) is 9.36. The van der Waals surface area contributed by atoms with E-state index >= 15 is 0 Å². The third-order valence-electron chi connectivity index (χ3n) is 5.27. The van der Waals surface area contributed by atoms with Gasteiger partial charge in [0.25, 0.3) is 0 Å². The van der Waals surface area contributed by atoms with E-state index < -0.39 is 0 Å². The molecule has 138 valence electrons. The molecule has 0 radical (unpaired) electrons. The van der Waals surface area contributed by atoms with Gasteiger partial charge in [0, 0.05) is 63.1 Å². The maximum absolute atomic E-state index is 4.43. The number of hydrogen-bond donors (Lipinski definition) is 0. The Morgan fingerprint density at radius 3 is 2.15 bits per heavy atom. The van der Waals surface area contributed by atoms with E-state index in [0.29, 0.717) is 6.04 Å². The predicted molar refractivity (Wildman–Crippen MR) is 103 cm³/mol. The van der Waals surface area contributed by atoms with Crippen molar-refractivity contribution in [2.45, 2.75) is 32.2 Å². The summed E-state index contributed by atoms with van der Waals surface area (Å²) in [6.07, 6.45) is 3.62. The summed E-state index contributed by atoms with van der Waals surface area (Å²) in [7, 11) is 0. The predicted octanol–water partition coefficient (Wildman–Crippen LogP) is 1.57. The zero-order chi connectivity index (χ0) is 18.1. The number of anilines is 2. The van der Waals surface area contributed by atoms with Crippen molar-refractivity contribution in [3.63, 3.8) is 0 Å². The molecule has 0 atom stereocenters. The molecule has 2 aliphatic rings. The summed E-state index contributed by atoms with van der Waals surface area (Å²) in [5.41, 5.74) is 1.09. The van der Waals surface area contributed by atoms with Gasteiger partial charge >= 0.3 is 0 Å². The minimum absolute atomic E-state index is 0.0468. The van der Waals surface area contributed by atoms with Crippen molar-refractivity contribution in [3.05, 3.63) is 36.3 Å². The van der Waals surface area contributed by atoms with Crippen molar-refractivity contribution < 1.29 is 0 Å². The Hall–Kier alpha value is -2.28. The highest BCUT2D eigenvalue weighted by atomic mass is 15.4. The van der Waals surface area contributed by atoms with Crippen molar-refractivity contribution in [2.75, 3.05) is 49.1 Å². The van der Waals surface area contributed by atoms with Crippen molar-refractivity contribution >= 4 is 11.8 Å². The number of rotatable bonds is 3. The van der Waals surface area contributed by atoms with Gasteiger partial charge in [0.1, 0.15) is 0 Å². The molecule has 0 unspecified atom stereocenters. The first kappa shape index (κ1) is 17.1. The Morgan fingerprint density at radius 2 is 1.58 bits per heavy atom. The lowest BCUT2D eigenvalue weighted by Gasteiger charge is -2.48. The zero-order valence-corrected chi connectivity index (χ0v) is 15.8. The van der Waals surface area contributed by atoms with E-state index in [-0.39, 0.29) is 5.41 Å². The molecule has 0 aliphatic carbocycles. The maximum Gasteiger partial charge on any atom is 0.225 e. The van der Waals surface area contributed by atoms with Gasteiger partial charge in [0.2, 0.25) is 5.95 Å². The number of nitrogens with zero attached hydrogens (tertiary/aromatic N) is 7. The summed E-state index contributed by atoms with van der Waals surface area (Å²) in [5, 5.41) is 8.84. The summed E-state index contributed by atoms with van der Waals surface area (Å²) >= 11 is 0. The molecule has 2 aliphatic heterocycles. The van der Waals surface area contributed by atoms with Crippen molar-refractivity contribution in [1.29, 1.82) is 0 Å². The van der Waals surface area contributed by atoms with Crippen LogP contribution in [0.1, 0.15) is 26.5 Å². The molecule has 2 aromatic heterocycles. The van der Waals surface area contributed by atoms with Gasteiger partial charge in [-0.3, -0.25) is 4.90 Å². The number of piperazine rings is 1. The third-order valence-corrected chi connectivity index (χ3v) is 5.27. The summed E-state index contributed by atoms with van der Waals surface area (Å²) in [6.45, 7) is 12.7. The quantitative estimate of drug-likeness (QED) is 0.830. The second-order valence-corrected chi connectivity index (χ2v) is 8.16. The van der Waals surface area contributed by atoms with Crippen LogP contribution in [-0.4, -0.2) is 70.4 Å². The smallest absolute Gasteiger partial charge is 0.225 e. The molecule has 7 nitrogen and oxygen atoms in total. The molecule has 0 bridgehead atoms. The molecule has 0 amide bonds. The Kier molecular flexibility index (Phi) is 4.48. The Morgan fingerprint density at radius 1 is 0.885 bits per heavy atom. The number of hydrogen-bond acceptors (Lipinski definition) is 7. The largest absolute Gasteiger partial charge is 0.352 e.